The van der Waals surface area contributed by atoms with Crippen molar-refractivity contribution in [3.63, 3.8) is 0 Å². The van der Waals surface area contributed by atoms with Gasteiger partial charge in [-0.3, -0.25) is 9.59 Å². The van der Waals surface area contributed by atoms with E-state index in [2.05, 4.69) is 61.3 Å². The quantitative estimate of drug-likeness (QED) is 0.135. The zero-order chi connectivity index (χ0) is 29.9. The van der Waals surface area contributed by atoms with Gasteiger partial charge in [0.25, 0.3) is 0 Å². The number of anilines is 4. The van der Waals surface area contributed by atoms with Crippen LogP contribution in [0.25, 0.3) is 0 Å². The molecule has 0 radical (unpaired) electrons. The number of nitrogens with one attached hydrogen (secondary N) is 5. The van der Waals surface area contributed by atoms with E-state index in [4.69, 9.17) is 0 Å². The summed E-state index contributed by atoms with van der Waals surface area (Å²) in [6, 6.07) is 32.1. The Hall–Kier alpha value is -5.09. The predicted molar refractivity (Wildman–Crippen MR) is 176 cm³/mol. The summed E-state index contributed by atoms with van der Waals surface area (Å²) in [5, 5.41) is 18.3. The Kier molecular flexibility index (Phi) is 7.72. The van der Waals surface area contributed by atoms with Gasteiger partial charge in [0.2, 0.25) is 11.8 Å². The predicted octanol–water partition coefficient (Wildman–Crippen LogP) is 6.73. The van der Waals surface area contributed by atoms with Crippen molar-refractivity contribution in [2.45, 2.75) is 47.6 Å². The molecule has 2 atom stereocenters. The highest BCUT2D eigenvalue weighted by Crippen LogP contribution is 2.46. The first kappa shape index (κ1) is 27.7. The van der Waals surface area contributed by atoms with Crippen molar-refractivity contribution < 1.29 is 9.59 Å². The van der Waals surface area contributed by atoms with E-state index in [1.165, 1.54) is 0 Å². The molecule has 2 unspecified atom stereocenters. The topological polar surface area (TPSA) is 119 Å². The van der Waals surface area contributed by atoms with Crippen LogP contribution in [0.4, 0.5) is 22.7 Å². The average Bonchev–Trinajstić information content (AvgIpc) is 3.71. The third-order valence-corrected chi connectivity index (χ3v) is 8.90. The molecule has 3 aliphatic rings. The molecule has 10 heteroatoms. The van der Waals surface area contributed by atoms with Crippen LogP contribution in [0.15, 0.2) is 117 Å². The molecule has 220 valence electrons. The summed E-state index contributed by atoms with van der Waals surface area (Å²) in [5.41, 5.74) is 13.7. The van der Waals surface area contributed by atoms with Crippen molar-refractivity contribution >= 4 is 57.7 Å². The van der Waals surface area contributed by atoms with E-state index in [9.17, 15) is 9.59 Å². The summed E-state index contributed by atoms with van der Waals surface area (Å²) in [4.78, 5) is 27.7. The molecule has 4 aromatic rings. The van der Waals surface area contributed by atoms with Gasteiger partial charge in [-0.25, -0.2) is 0 Å². The lowest BCUT2D eigenvalue weighted by Gasteiger charge is -2.22. The summed E-state index contributed by atoms with van der Waals surface area (Å²) < 4.78 is 0. The third-order valence-electron chi connectivity index (χ3n) is 7.79. The van der Waals surface area contributed by atoms with Crippen molar-refractivity contribution in [2.24, 2.45) is 10.2 Å². The summed E-state index contributed by atoms with van der Waals surface area (Å²) in [5.74, 6) is -0.203. The highest BCUT2D eigenvalue weighted by Gasteiger charge is 2.24. The standard InChI is InChI=1S/C34H31N7O2S/c42-33(19-25-15-29(40-38-25)21-7-3-1-4-8-21)35-23-11-13-27-31(17-23)44-32-18-24(12-14-28(32)37-27)36-34(43)20-26-16-30(41-39-26)22-9-5-2-6-10-22/h1-14,17-18,29-30,37,40-41H,15-16,19-20H2,(H,35,42)(H,36,43). The van der Waals surface area contributed by atoms with Gasteiger partial charge in [0.15, 0.2) is 0 Å². The van der Waals surface area contributed by atoms with Gasteiger partial charge in [-0.05, 0) is 47.5 Å². The summed E-state index contributed by atoms with van der Waals surface area (Å²) in [7, 11) is 0. The molecule has 0 saturated carbocycles. The number of hydrogen-bond acceptors (Lipinski definition) is 8. The number of amides is 2. The first-order chi connectivity index (χ1) is 21.6. The molecule has 5 N–H and O–H groups in total. The fourth-order valence-corrected chi connectivity index (χ4v) is 6.66. The maximum absolute atomic E-state index is 12.8. The molecule has 0 aliphatic carbocycles. The molecule has 0 spiro atoms. The van der Waals surface area contributed by atoms with Crippen molar-refractivity contribution in [3.8, 4) is 0 Å². The second-order valence-corrected chi connectivity index (χ2v) is 12.1. The van der Waals surface area contributed by atoms with Crippen LogP contribution in [0, 0.1) is 0 Å². The molecular formula is C34H31N7O2S. The van der Waals surface area contributed by atoms with E-state index < -0.39 is 0 Å². The van der Waals surface area contributed by atoms with E-state index >= 15 is 0 Å². The molecule has 3 aliphatic heterocycles. The highest BCUT2D eigenvalue weighted by atomic mass is 32.2. The first-order valence-corrected chi connectivity index (χ1v) is 15.4. The van der Waals surface area contributed by atoms with Crippen LogP contribution < -0.4 is 26.8 Å². The Balaban J connectivity index is 0.932. The number of hydrogen-bond donors (Lipinski definition) is 5. The van der Waals surface area contributed by atoms with Crippen molar-refractivity contribution in [3.05, 3.63) is 108 Å². The van der Waals surface area contributed by atoms with Crippen molar-refractivity contribution in [2.75, 3.05) is 16.0 Å². The van der Waals surface area contributed by atoms with Crippen molar-refractivity contribution in [1.82, 2.24) is 10.9 Å². The first-order valence-electron chi connectivity index (χ1n) is 14.6. The molecule has 7 rings (SSSR count). The zero-order valence-corrected chi connectivity index (χ0v) is 24.7. The molecule has 9 nitrogen and oxygen atoms in total. The number of fused-ring (bicyclic) bond motifs is 2. The van der Waals surface area contributed by atoms with Crippen molar-refractivity contribution in [1.29, 1.82) is 0 Å². The Morgan fingerprint density at radius 3 is 1.57 bits per heavy atom. The van der Waals surface area contributed by atoms with Gasteiger partial charge in [0.1, 0.15) is 0 Å². The van der Waals surface area contributed by atoms with Gasteiger partial charge in [-0.2, -0.15) is 10.2 Å². The molecule has 44 heavy (non-hydrogen) atoms. The second kappa shape index (κ2) is 12.3. The maximum atomic E-state index is 12.8. The van der Waals surface area contributed by atoms with Gasteiger partial charge in [-0.15, -0.1) is 0 Å². The smallest absolute Gasteiger partial charge is 0.230 e. The molecule has 3 heterocycles. The molecule has 0 fully saturated rings. The molecular weight excluding hydrogens is 570 g/mol. The molecule has 4 aromatic carbocycles. The van der Waals surface area contributed by atoms with Crippen LogP contribution in [0.2, 0.25) is 0 Å². The lowest BCUT2D eigenvalue weighted by molar-refractivity contribution is -0.116. The van der Waals surface area contributed by atoms with Crippen LogP contribution in [0.5, 0.6) is 0 Å². The molecule has 0 saturated heterocycles. The second-order valence-electron chi connectivity index (χ2n) is 11.0. The fourth-order valence-electron chi connectivity index (χ4n) is 5.59. The summed E-state index contributed by atoms with van der Waals surface area (Å²) >= 11 is 1.59. The Morgan fingerprint density at radius 1 is 0.659 bits per heavy atom. The van der Waals surface area contributed by atoms with Gasteiger partial charge >= 0.3 is 0 Å². The van der Waals surface area contributed by atoms with E-state index in [-0.39, 0.29) is 36.7 Å². The van der Waals surface area contributed by atoms with Crippen LogP contribution in [-0.4, -0.2) is 23.2 Å². The molecule has 0 aromatic heterocycles. The van der Waals surface area contributed by atoms with E-state index in [0.717, 1.165) is 55.1 Å². The number of carbonyl (C=O) groups is 2. The van der Waals surface area contributed by atoms with Crippen LogP contribution >= 0.6 is 11.8 Å². The molecule has 0 bridgehead atoms. The Bertz CT molecular complexity index is 1650. The average molecular weight is 602 g/mol. The van der Waals surface area contributed by atoms with Gasteiger partial charge in [0.05, 0.1) is 36.3 Å². The minimum Gasteiger partial charge on any atom is -0.354 e. The van der Waals surface area contributed by atoms with E-state index in [1.807, 2.05) is 72.8 Å². The monoisotopic (exact) mass is 601 g/mol. The number of carbonyl (C=O) groups excluding carboxylic acids is 2. The van der Waals surface area contributed by atoms with Gasteiger partial charge in [0, 0.05) is 45.4 Å². The van der Waals surface area contributed by atoms with Crippen LogP contribution in [0.1, 0.15) is 48.9 Å². The minimum atomic E-state index is -0.101. The number of hydrazone groups is 2. The van der Waals surface area contributed by atoms with E-state index in [0.29, 0.717) is 12.8 Å². The number of benzene rings is 4. The minimum absolute atomic E-state index is 0.0976. The fraction of sp³-hybridized carbons (Fsp3) is 0.176. The van der Waals surface area contributed by atoms with Gasteiger partial charge in [-0.1, -0.05) is 72.4 Å². The number of nitrogens with zero attached hydrogens (tertiary/aromatic N) is 2. The van der Waals surface area contributed by atoms with Gasteiger partial charge < -0.3 is 26.8 Å². The Morgan fingerprint density at radius 2 is 1.11 bits per heavy atom. The molecule has 2 amide bonds. The normalized spacial score (nSPS) is 18.0. The Labute approximate surface area is 259 Å². The summed E-state index contributed by atoms with van der Waals surface area (Å²) in [6.07, 6.45) is 1.88. The maximum Gasteiger partial charge on any atom is 0.230 e. The number of rotatable bonds is 8. The van der Waals surface area contributed by atoms with Crippen LogP contribution in [-0.2, 0) is 9.59 Å². The summed E-state index contributed by atoms with van der Waals surface area (Å²) in [6.45, 7) is 0. The largest absolute Gasteiger partial charge is 0.354 e. The zero-order valence-electron chi connectivity index (χ0n) is 23.8. The SMILES string of the molecule is O=C(CC1=NNC(c2ccccc2)C1)Nc1ccc2c(c1)Sc1cc(NC(=O)CC3=NNC(c4ccccc4)C3)ccc1N2. The highest BCUT2D eigenvalue weighted by molar-refractivity contribution is 7.99. The lowest BCUT2D eigenvalue weighted by Crippen LogP contribution is -2.16. The van der Waals surface area contributed by atoms with E-state index in [1.54, 1.807) is 11.8 Å². The van der Waals surface area contributed by atoms with Crippen LogP contribution in [0.3, 0.4) is 0 Å². The third kappa shape index (κ3) is 6.30. The lowest BCUT2D eigenvalue weighted by atomic mass is 10.0.